The first-order valence-electron chi connectivity index (χ1n) is 14.0. The summed E-state index contributed by atoms with van der Waals surface area (Å²) in [6.07, 6.45) is 0.607. The summed E-state index contributed by atoms with van der Waals surface area (Å²) in [5.41, 5.74) is 16.8. The lowest BCUT2D eigenvalue weighted by Gasteiger charge is -2.18. The molecule has 4 aromatic rings. The van der Waals surface area contributed by atoms with Crippen molar-refractivity contribution in [3.8, 4) is 0 Å². The first kappa shape index (κ1) is 30.5. The van der Waals surface area contributed by atoms with E-state index in [2.05, 4.69) is 20.6 Å². The molecule has 0 spiro atoms. The van der Waals surface area contributed by atoms with E-state index in [9.17, 15) is 9.59 Å². The molecule has 0 heterocycles. The number of rotatable bonds is 10. The van der Waals surface area contributed by atoms with Crippen LogP contribution in [0.3, 0.4) is 0 Å². The lowest BCUT2D eigenvalue weighted by molar-refractivity contribution is -0.122. The fourth-order valence-corrected chi connectivity index (χ4v) is 4.53. The zero-order valence-electron chi connectivity index (χ0n) is 24.2. The van der Waals surface area contributed by atoms with E-state index in [-0.39, 0.29) is 30.3 Å². The molecule has 0 fully saturated rings. The zero-order valence-corrected chi connectivity index (χ0v) is 24.2. The number of hydrogen-bond acceptors (Lipinski definition) is 3. The van der Waals surface area contributed by atoms with Gasteiger partial charge in [-0.3, -0.25) is 10.1 Å². The van der Waals surface area contributed by atoms with Gasteiger partial charge in [-0.1, -0.05) is 115 Å². The minimum Gasteiger partial charge on any atom is -0.370 e. The number of aliphatic imine (C=N–C) groups is 2. The van der Waals surface area contributed by atoms with Crippen molar-refractivity contribution in [3.63, 3.8) is 0 Å². The molecule has 4 aromatic carbocycles. The van der Waals surface area contributed by atoms with Gasteiger partial charge in [0, 0.05) is 20.1 Å². The van der Waals surface area contributed by atoms with Gasteiger partial charge >= 0.3 is 6.03 Å². The summed E-state index contributed by atoms with van der Waals surface area (Å²) in [5, 5.41) is 5.53. The molecular formula is C34H37N7O2. The summed E-state index contributed by atoms with van der Waals surface area (Å²) in [6.45, 7) is 1.11. The second-order valence-electron chi connectivity index (χ2n) is 10.1. The second kappa shape index (κ2) is 15.5. The monoisotopic (exact) mass is 575 g/mol. The van der Waals surface area contributed by atoms with E-state index in [1.165, 1.54) is 0 Å². The van der Waals surface area contributed by atoms with E-state index in [0.29, 0.717) is 19.5 Å². The Hall–Kier alpha value is -5.44. The van der Waals surface area contributed by atoms with Crippen molar-refractivity contribution in [1.29, 1.82) is 0 Å². The number of nitrogens with one attached hydrogen (secondary N) is 2. The number of guanidine groups is 2. The van der Waals surface area contributed by atoms with E-state index in [1.807, 2.05) is 115 Å². The maximum absolute atomic E-state index is 13.3. The van der Waals surface area contributed by atoms with Crippen molar-refractivity contribution in [2.24, 2.45) is 21.5 Å². The van der Waals surface area contributed by atoms with Gasteiger partial charge in [0.2, 0.25) is 11.9 Å². The molecule has 1 unspecified atom stereocenters. The third kappa shape index (κ3) is 9.86. The Balaban J connectivity index is 1.31. The van der Waals surface area contributed by atoms with Crippen LogP contribution in [-0.4, -0.2) is 35.8 Å². The Kier molecular flexibility index (Phi) is 11.0. The minimum absolute atomic E-state index is 0.0420. The largest absolute Gasteiger partial charge is 0.370 e. The number of carbonyl (C=O) groups excluding carboxylic acids is 2. The van der Waals surface area contributed by atoms with Gasteiger partial charge in [0.25, 0.3) is 0 Å². The average Bonchev–Trinajstić information content (AvgIpc) is 3.03. The maximum Gasteiger partial charge on any atom is 0.350 e. The number of carbonyl (C=O) groups is 2. The SMILES string of the molecule is CN(Cc1ccccc1)C(N)=NC(=O)NC(N)=NCc1cccc(CNC(=O)C(Cc2ccccc2)c2ccccc2)c1. The lowest BCUT2D eigenvalue weighted by atomic mass is 9.91. The molecule has 220 valence electrons. The van der Waals surface area contributed by atoms with Crippen molar-refractivity contribution >= 4 is 23.9 Å². The van der Waals surface area contributed by atoms with E-state index < -0.39 is 6.03 Å². The highest BCUT2D eigenvalue weighted by molar-refractivity contribution is 6.00. The summed E-state index contributed by atoms with van der Waals surface area (Å²) in [7, 11) is 1.75. The quantitative estimate of drug-likeness (QED) is 0.165. The van der Waals surface area contributed by atoms with Gasteiger partial charge < -0.3 is 21.7 Å². The van der Waals surface area contributed by atoms with Crippen LogP contribution in [0.15, 0.2) is 125 Å². The van der Waals surface area contributed by atoms with Crippen LogP contribution in [0.5, 0.6) is 0 Å². The molecule has 43 heavy (non-hydrogen) atoms. The molecule has 0 aliphatic rings. The van der Waals surface area contributed by atoms with Crippen LogP contribution in [0.2, 0.25) is 0 Å². The molecule has 6 N–H and O–H groups in total. The number of nitrogens with two attached hydrogens (primary N) is 2. The third-order valence-corrected chi connectivity index (χ3v) is 6.80. The van der Waals surface area contributed by atoms with E-state index in [0.717, 1.165) is 27.8 Å². The molecule has 3 amide bonds. The summed E-state index contributed by atoms with van der Waals surface area (Å²) >= 11 is 0. The molecule has 0 saturated carbocycles. The molecule has 0 aliphatic carbocycles. The molecular weight excluding hydrogens is 538 g/mol. The highest BCUT2D eigenvalue weighted by atomic mass is 16.2. The van der Waals surface area contributed by atoms with Gasteiger partial charge in [-0.2, -0.15) is 4.99 Å². The van der Waals surface area contributed by atoms with Gasteiger partial charge in [-0.25, -0.2) is 9.79 Å². The Labute approximate surface area is 252 Å². The lowest BCUT2D eigenvalue weighted by Crippen LogP contribution is -2.39. The summed E-state index contributed by atoms with van der Waals surface area (Å²) < 4.78 is 0. The highest BCUT2D eigenvalue weighted by Crippen LogP contribution is 2.21. The first-order chi connectivity index (χ1) is 20.9. The van der Waals surface area contributed by atoms with Crippen LogP contribution < -0.4 is 22.1 Å². The van der Waals surface area contributed by atoms with Crippen LogP contribution in [0, 0.1) is 0 Å². The Morgan fingerprint density at radius 2 is 1.35 bits per heavy atom. The molecule has 0 radical (unpaired) electrons. The zero-order chi connectivity index (χ0) is 30.4. The standard InChI is InChI=1S/C34H37N7O2/c1-41(24-26-14-7-3-8-15-26)33(36)40-34(43)39-32(35)38-23-28-17-11-16-27(20-28)22-37-31(42)30(29-18-9-4-10-19-29)21-25-12-5-2-6-13-25/h2-20,30H,21-24H2,1H3,(H,37,42)(H5,35,36,38,39,40,43). The first-order valence-corrected chi connectivity index (χ1v) is 14.0. The Morgan fingerprint density at radius 3 is 2.02 bits per heavy atom. The van der Waals surface area contributed by atoms with E-state index in [4.69, 9.17) is 11.5 Å². The Morgan fingerprint density at radius 1 is 0.767 bits per heavy atom. The molecule has 4 rings (SSSR count). The van der Waals surface area contributed by atoms with Crippen molar-refractivity contribution in [2.75, 3.05) is 7.05 Å². The molecule has 1 atom stereocenters. The topological polar surface area (TPSA) is 138 Å². The van der Waals surface area contributed by atoms with Crippen molar-refractivity contribution in [3.05, 3.63) is 143 Å². The predicted molar refractivity (Wildman–Crippen MR) is 171 cm³/mol. The average molecular weight is 576 g/mol. The van der Waals surface area contributed by atoms with E-state index >= 15 is 0 Å². The maximum atomic E-state index is 13.3. The van der Waals surface area contributed by atoms with Crippen LogP contribution in [0.1, 0.15) is 33.7 Å². The smallest absolute Gasteiger partial charge is 0.350 e. The van der Waals surface area contributed by atoms with Crippen molar-refractivity contribution in [2.45, 2.75) is 32.0 Å². The number of amides is 3. The minimum atomic E-state index is -0.710. The van der Waals surface area contributed by atoms with Gasteiger partial charge in [-0.05, 0) is 34.2 Å². The molecule has 0 bridgehead atoms. The highest BCUT2D eigenvalue weighted by Gasteiger charge is 2.21. The number of hydrogen-bond donors (Lipinski definition) is 4. The molecule has 9 heteroatoms. The molecule has 9 nitrogen and oxygen atoms in total. The third-order valence-electron chi connectivity index (χ3n) is 6.80. The molecule has 0 aliphatic heterocycles. The van der Waals surface area contributed by atoms with Gasteiger partial charge in [-0.15, -0.1) is 0 Å². The van der Waals surface area contributed by atoms with Crippen molar-refractivity contribution < 1.29 is 9.59 Å². The van der Waals surface area contributed by atoms with Gasteiger partial charge in [0.1, 0.15) is 0 Å². The number of benzene rings is 4. The second-order valence-corrected chi connectivity index (χ2v) is 10.1. The van der Waals surface area contributed by atoms with Crippen LogP contribution >= 0.6 is 0 Å². The summed E-state index contributed by atoms with van der Waals surface area (Å²) in [6, 6.07) is 36.5. The van der Waals surface area contributed by atoms with Crippen LogP contribution in [0.4, 0.5) is 4.79 Å². The number of nitrogens with zero attached hydrogens (tertiary/aromatic N) is 3. The van der Waals surface area contributed by atoms with Crippen LogP contribution in [-0.2, 0) is 30.8 Å². The fraction of sp³-hybridized carbons (Fsp3) is 0.176. The normalized spacial score (nSPS) is 12.3. The summed E-state index contributed by atoms with van der Waals surface area (Å²) in [5.74, 6) is -0.367. The van der Waals surface area contributed by atoms with Crippen LogP contribution in [0.25, 0.3) is 0 Å². The molecule has 0 saturated heterocycles. The predicted octanol–water partition coefficient (Wildman–Crippen LogP) is 4.30. The van der Waals surface area contributed by atoms with Crippen molar-refractivity contribution in [1.82, 2.24) is 15.5 Å². The van der Waals surface area contributed by atoms with E-state index in [1.54, 1.807) is 11.9 Å². The molecule has 0 aromatic heterocycles. The summed E-state index contributed by atoms with van der Waals surface area (Å²) in [4.78, 5) is 35.4. The Bertz CT molecular complexity index is 1540. The van der Waals surface area contributed by atoms with Gasteiger partial charge in [0.15, 0.2) is 5.96 Å². The van der Waals surface area contributed by atoms with Gasteiger partial charge in [0.05, 0.1) is 12.5 Å². The number of urea groups is 1. The fourth-order valence-electron chi connectivity index (χ4n) is 4.53.